The molecule has 0 radical (unpaired) electrons. The number of carbonyl (C=O) groups is 2. The molecule has 3 aromatic rings. The van der Waals surface area contributed by atoms with Crippen LogP contribution >= 0.6 is 11.6 Å². The van der Waals surface area contributed by atoms with E-state index >= 15 is 0 Å². The number of nitrogens with one attached hydrogen (secondary N) is 1. The monoisotopic (exact) mass is 611 g/mol. The van der Waals surface area contributed by atoms with Gasteiger partial charge in [-0.1, -0.05) is 80.0 Å². The van der Waals surface area contributed by atoms with Crippen LogP contribution in [-0.2, 0) is 32.6 Å². The molecule has 3 aromatic carbocycles. The molecule has 0 aliphatic carbocycles. The van der Waals surface area contributed by atoms with Crippen molar-refractivity contribution in [3.05, 3.63) is 100 Å². The molecule has 0 aromatic heterocycles. The maximum atomic E-state index is 13.9. The summed E-state index contributed by atoms with van der Waals surface area (Å²) in [5.41, 5.74) is 4.21. The lowest BCUT2D eigenvalue weighted by Crippen LogP contribution is -2.51. The first-order chi connectivity index (χ1) is 19.9. The van der Waals surface area contributed by atoms with Gasteiger partial charge < -0.3 is 10.2 Å². The lowest BCUT2D eigenvalue weighted by molar-refractivity contribution is -0.141. The van der Waals surface area contributed by atoms with Crippen LogP contribution < -0.4 is 9.62 Å². The van der Waals surface area contributed by atoms with Crippen LogP contribution in [0.4, 0.5) is 5.69 Å². The molecule has 0 unspecified atom stereocenters. The minimum absolute atomic E-state index is 0.0696. The Hall–Kier alpha value is -3.36. The summed E-state index contributed by atoms with van der Waals surface area (Å²) in [6.07, 6.45) is 1.88. The first-order valence-corrected chi connectivity index (χ1v) is 16.5. The zero-order valence-corrected chi connectivity index (χ0v) is 26.7. The van der Waals surface area contributed by atoms with Crippen LogP contribution in [0.1, 0.15) is 48.9 Å². The van der Waals surface area contributed by atoms with Crippen molar-refractivity contribution < 1.29 is 18.0 Å². The van der Waals surface area contributed by atoms with Crippen LogP contribution in [0.2, 0.25) is 5.02 Å². The highest BCUT2D eigenvalue weighted by Gasteiger charge is 2.30. The molecule has 2 amide bonds. The number of hydrogen-bond donors (Lipinski definition) is 1. The minimum atomic E-state index is -3.59. The summed E-state index contributed by atoms with van der Waals surface area (Å²) < 4.78 is 26.9. The molecule has 0 bridgehead atoms. The standard InChI is InChI=1S/C33H42ClN3O4S/c1-24(2)22-35-33(39)31(21-27-13-7-6-8-14-27)36(23-28-15-10-16-29(34)20-28)32(38)18-11-19-37(42(5,40)41)30-17-9-12-25(3)26(30)4/h6-10,12-17,20,24,31H,11,18-19,21-23H2,1-5H3,(H,35,39)/t31-/m0/s1. The van der Waals surface area contributed by atoms with Crippen LogP contribution in [0.25, 0.3) is 0 Å². The Bertz CT molecular complexity index is 1460. The molecule has 1 atom stereocenters. The summed E-state index contributed by atoms with van der Waals surface area (Å²) in [6, 6.07) is 21.7. The average molecular weight is 612 g/mol. The van der Waals surface area contributed by atoms with Gasteiger partial charge in [0.1, 0.15) is 6.04 Å². The molecule has 1 N–H and O–H groups in total. The Morgan fingerprint density at radius 1 is 0.929 bits per heavy atom. The molecular weight excluding hydrogens is 570 g/mol. The number of halogens is 1. The van der Waals surface area contributed by atoms with Gasteiger partial charge in [-0.15, -0.1) is 0 Å². The van der Waals surface area contributed by atoms with Crippen LogP contribution in [0, 0.1) is 19.8 Å². The number of sulfonamides is 1. The van der Waals surface area contributed by atoms with Gasteiger partial charge in [-0.05, 0) is 66.6 Å². The average Bonchev–Trinajstić information content (AvgIpc) is 2.93. The van der Waals surface area contributed by atoms with Crippen LogP contribution in [0.15, 0.2) is 72.8 Å². The molecule has 0 aliphatic rings. The SMILES string of the molecule is Cc1cccc(N(CCCC(=O)N(Cc2cccc(Cl)c2)[C@@H](Cc2ccccc2)C(=O)NCC(C)C)S(C)(=O)=O)c1C. The van der Waals surface area contributed by atoms with Gasteiger partial charge in [0.05, 0.1) is 11.9 Å². The Kier molecular flexibility index (Phi) is 12.0. The zero-order chi connectivity index (χ0) is 30.9. The lowest BCUT2D eigenvalue weighted by atomic mass is 10.0. The molecule has 0 heterocycles. The van der Waals surface area contributed by atoms with Gasteiger partial charge in [-0.2, -0.15) is 0 Å². The van der Waals surface area contributed by atoms with Crippen molar-refractivity contribution in [3.8, 4) is 0 Å². The lowest BCUT2D eigenvalue weighted by Gasteiger charge is -2.32. The molecule has 0 saturated carbocycles. The number of anilines is 1. The third-order valence-electron chi connectivity index (χ3n) is 7.19. The number of amides is 2. The van der Waals surface area contributed by atoms with Gasteiger partial charge in [0.2, 0.25) is 21.8 Å². The van der Waals surface area contributed by atoms with Crippen LogP contribution in [-0.4, -0.2) is 50.5 Å². The van der Waals surface area contributed by atoms with Crippen LogP contribution in [0.3, 0.4) is 0 Å². The summed E-state index contributed by atoms with van der Waals surface area (Å²) in [7, 11) is -3.59. The van der Waals surface area contributed by atoms with Gasteiger partial charge in [0, 0.05) is 37.5 Å². The number of benzene rings is 3. The first-order valence-electron chi connectivity index (χ1n) is 14.3. The fourth-order valence-corrected chi connectivity index (χ4v) is 6.03. The Labute approximate surface area is 255 Å². The van der Waals surface area contributed by atoms with E-state index in [0.717, 1.165) is 22.3 Å². The molecule has 7 nitrogen and oxygen atoms in total. The van der Waals surface area contributed by atoms with E-state index in [1.165, 1.54) is 10.6 Å². The second kappa shape index (κ2) is 15.2. The predicted octanol–water partition coefficient (Wildman–Crippen LogP) is 5.92. The third-order valence-corrected chi connectivity index (χ3v) is 8.61. The molecule has 0 aliphatic heterocycles. The van der Waals surface area contributed by atoms with Gasteiger partial charge >= 0.3 is 0 Å². The van der Waals surface area contributed by atoms with E-state index in [2.05, 4.69) is 5.32 Å². The summed E-state index contributed by atoms with van der Waals surface area (Å²) >= 11 is 6.26. The number of hydrogen-bond acceptors (Lipinski definition) is 4. The van der Waals surface area contributed by atoms with Crippen molar-refractivity contribution in [3.63, 3.8) is 0 Å². The Morgan fingerprint density at radius 3 is 2.24 bits per heavy atom. The highest BCUT2D eigenvalue weighted by molar-refractivity contribution is 7.92. The van der Waals surface area contributed by atoms with E-state index in [1.54, 1.807) is 23.1 Å². The van der Waals surface area contributed by atoms with Crippen molar-refractivity contribution in [2.45, 2.75) is 59.5 Å². The van der Waals surface area contributed by atoms with E-state index in [9.17, 15) is 18.0 Å². The number of nitrogens with zero attached hydrogens (tertiary/aromatic N) is 2. The number of carbonyl (C=O) groups excluding carboxylic acids is 2. The largest absolute Gasteiger partial charge is 0.354 e. The fraction of sp³-hybridized carbons (Fsp3) is 0.394. The zero-order valence-electron chi connectivity index (χ0n) is 25.1. The van der Waals surface area contributed by atoms with E-state index < -0.39 is 16.1 Å². The second-order valence-electron chi connectivity index (χ2n) is 11.2. The van der Waals surface area contributed by atoms with Gasteiger partial charge in [0.25, 0.3) is 0 Å². The normalized spacial score (nSPS) is 12.2. The van der Waals surface area contributed by atoms with Crippen molar-refractivity contribution in [2.24, 2.45) is 5.92 Å². The van der Waals surface area contributed by atoms with Gasteiger partial charge in [-0.25, -0.2) is 8.42 Å². The first kappa shape index (κ1) is 33.1. The maximum absolute atomic E-state index is 13.9. The van der Waals surface area contributed by atoms with E-state index in [0.29, 0.717) is 23.7 Å². The van der Waals surface area contributed by atoms with E-state index in [-0.39, 0.29) is 43.7 Å². The summed E-state index contributed by atoms with van der Waals surface area (Å²) in [5, 5.41) is 3.56. The highest BCUT2D eigenvalue weighted by Crippen LogP contribution is 2.26. The van der Waals surface area contributed by atoms with E-state index in [4.69, 9.17) is 11.6 Å². The molecule has 0 saturated heterocycles. The van der Waals surface area contributed by atoms with Crippen molar-refractivity contribution in [1.82, 2.24) is 10.2 Å². The minimum Gasteiger partial charge on any atom is -0.354 e. The molecule has 0 spiro atoms. The molecule has 9 heteroatoms. The van der Waals surface area contributed by atoms with Crippen molar-refractivity contribution >= 4 is 39.1 Å². The summed E-state index contributed by atoms with van der Waals surface area (Å²) in [4.78, 5) is 29.2. The van der Waals surface area contributed by atoms with Crippen molar-refractivity contribution in [2.75, 3.05) is 23.7 Å². The van der Waals surface area contributed by atoms with Gasteiger partial charge in [-0.3, -0.25) is 13.9 Å². The second-order valence-corrected chi connectivity index (χ2v) is 13.5. The Morgan fingerprint density at radius 2 is 1.60 bits per heavy atom. The number of aryl methyl sites for hydroxylation is 1. The molecular formula is C33H42ClN3O4S. The molecule has 226 valence electrons. The smallest absolute Gasteiger partial charge is 0.243 e. The van der Waals surface area contributed by atoms with E-state index in [1.807, 2.05) is 82.3 Å². The predicted molar refractivity (Wildman–Crippen MR) is 171 cm³/mol. The van der Waals surface area contributed by atoms with Gasteiger partial charge in [0.15, 0.2) is 0 Å². The van der Waals surface area contributed by atoms with Crippen LogP contribution in [0.5, 0.6) is 0 Å². The highest BCUT2D eigenvalue weighted by atomic mass is 35.5. The molecule has 3 rings (SSSR count). The fourth-order valence-electron chi connectivity index (χ4n) is 4.80. The summed E-state index contributed by atoms with van der Waals surface area (Å²) in [6.45, 7) is 8.69. The quantitative estimate of drug-likeness (QED) is 0.245. The maximum Gasteiger partial charge on any atom is 0.243 e. The third kappa shape index (κ3) is 9.60. The molecule has 0 fully saturated rings. The van der Waals surface area contributed by atoms with Crippen molar-refractivity contribution in [1.29, 1.82) is 0 Å². The number of rotatable bonds is 14. The topological polar surface area (TPSA) is 86.8 Å². The molecule has 42 heavy (non-hydrogen) atoms. The Balaban J connectivity index is 1.90. The summed E-state index contributed by atoms with van der Waals surface area (Å²) in [5.74, 6) is -0.212.